The summed E-state index contributed by atoms with van der Waals surface area (Å²) in [4.78, 5) is 22.6. The normalized spacial score (nSPS) is 14.5. The molecule has 0 heterocycles. The van der Waals surface area contributed by atoms with Gasteiger partial charge in [0.1, 0.15) is 0 Å². The van der Waals surface area contributed by atoms with Gasteiger partial charge >= 0.3 is 7.82 Å². The Morgan fingerprint density at radius 1 is 0.627 bits per heavy atom. The van der Waals surface area contributed by atoms with Crippen LogP contribution in [0.3, 0.4) is 0 Å². The second-order valence-electron chi connectivity index (χ2n) is 14.2. The van der Waals surface area contributed by atoms with Gasteiger partial charge in [0, 0.05) is 13.0 Å². The minimum Gasteiger partial charge on any atom is -0.387 e. The molecular weight excluding hydrogens is 659 g/mol. The van der Waals surface area contributed by atoms with Crippen molar-refractivity contribution in [2.75, 3.05) is 19.8 Å². The number of aliphatic hydroxyl groups excluding tert-OH is 1. The van der Waals surface area contributed by atoms with Crippen LogP contribution >= 0.6 is 7.82 Å². The van der Waals surface area contributed by atoms with E-state index >= 15 is 0 Å². The second kappa shape index (κ2) is 38.4. The molecule has 0 aliphatic carbocycles. The van der Waals surface area contributed by atoms with Crippen molar-refractivity contribution in [3.63, 3.8) is 0 Å². The number of nitrogens with one attached hydrogen (secondary N) is 1. The van der Waals surface area contributed by atoms with Crippen molar-refractivity contribution in [1.29, 1.82) is 0 Å². The number of hydrogen-bond donors (Lipinski definition) is 4. The Morgan fingerprint density at radius 3 is 1.51 bits per heavy atom. The molecule has 0 aromatic rings. The number of carbonyl (C=O) groups is 1. The Labute approximate surface area is 314 Å². The maximum atomic E-state index is 12.7. The number of phosphoric ester groups is 1. The summed E-state index contributed by atoms with van der Waals surface area (Å²) in [5.41, 5.74) is 5.36. The zero-order chi connectivity index (χ0) is 37.5. The van der Waals surface area contributed by atoms with Crippen molar-refractivity contribution in [2.24, 2.45) is 5.73 Å². The Morgan fingerprint density at radius 2 is 1.04 bits per heavy atom. The standard InChI is InChI=1S/C42H81N2O6P/c1-3-5-7-9-11-13-15-17-18-19-20-21-22-24-25-27-29-31-33-35-41(45)40(39-50-51(47,48)49-38-37-43)44-42(46)36-34-32-30-28-26-23-16-14-12-10-8-6-4-2/h20-21,25,27,33,35,40-41,45H,3-19,22-24,26,28-32,34,36-39,43H2,1-2H3,(H,44,46)(H,47,48)/b21-20+,27-25+,35-33+. The molecule has 0 radical (unpaired) electrons. The fraction of sp³-hybridized carbons (Fsp3) is 0.833. The SMILES string of the molecule is CCCCCCCCCCC/C=C/CC/C=C/CC/C=C/C(O)C(COP(=O)(O)OCCN)NC(=O)CCCCCCCCCCCCCCC. The maximum absolute atomic E-state index is 12.7. The van der Waals surface area contributed by atoms with E-state index in [1.807, 2.05) is 6.08 Å². The first-order valence-electron chi connectivity index (χ1n) is 21.1. The topological polar surface area (TPSA) is 131 Å². The number of hydrogen-bond acceptors (Lipinski definition) is 6. The summed E-state index contributed by atoms with van der Waals surface area (Å²) in [6, 6.07) is -0.879. The third kappa shape index (κ3) is 36.9. The molecule has 1 amide bonds. The van der Waals surface area contributed by atoms with E-state index in [1.165, 1.54) is 128 Å². The van der Waals surface area contributed by atoms with E-state index in [0.717, 1.165) is 44.9 Å². The molecule has 51 heavy (non-hydrogen) atoms. The summed E-state index contributed by atoms with van der Waals surface area (Å²) in [7, 11) is -4.34. The molecule has 0 aromatic carbocycles. The molecule has 0 aliphatic heterocycles. The summed E-state index contributed by atoms with van der Waals surface area (Å²) in [6.45, 7) is 4.10. The lowest BCUT2D eigenvalue weighted by molar-refractivity contribution is -0.123. The highest BCUT2D eigenvalue weighted by atomic mass is 31.2. The summed E-state index contributed by atoms with van der Waals surface area (Å²) in [5.74, 6) is -0.208. The van der Waals surface area contributed by atoms with Crippen molar-refractivity contribution < 1.29 is 28.4 Å². The number of phosphoric acid groups is 1. The highest BCUT2D eigenvalue weighted by Crippen LogP contribution is 2.43. The maximum Gasteiger partial charge on any atom is 0.472 e. The van der Waals surface area contributed by atoms with E-state index in [1.54, 1.807) is 6.08 Å². The monoisotopic (exact) mass is 741 g/mol. The van der Waals surface area contributed by atoms with Crippen LogP contribution in [0.1, 0.15) is 194 Å². The van der Waals surface area contributed by atoms with Gasteiger partial charge in [-0.3, -0.25) is 13.8 Å². The summed E-state index contributed by atoms with van der Waals surface area (Å²) >= 11 is 0. The molecule has 8 nitrogen and oxygen atoms in total. The molecule has 5 N–H and O–H groups in total. The van der Waals surface area contributed by atoms with Crippen LogP contribution in [0.15, 0.2) is 36.5 Å². The first-order chi connectivity index (χ1) is 24.9. The molecule has 0 saturated carbocycles. The van der Waals surface area contributed by atoms with Gasteiger partial charge in [-0.15, -0.1) is 0 Å². The molecule has 0 rings (SSSR count). The lowest BCUT2D eigenvalue weighted by atomic mass is 10.0. The minimum atomic E-state index is -4.34. The van der Waals surface area contributed by atoms with Crippen molar-refractivity contribution in [1.82, 2.24) is 5.32 Å². The quantitative estimate of drug-likeness (QED) is 0.0280. The smallest absolute Gasteiger partial charge is 0.387 e. The summed E-state index contributed by atoms with van der Waals surface area (Å²) < 4.78 is 22.1. The van der Waals surface area contributed by atoms with E-state index in [9.17, 15) is 19.4 Å². The van der Waals surface area contributed by atoms with Crippen LogP contribution in [0.2, 0.25) is 0 Å². The van der Waals surface area contributed by atoms with E-state index < -0.39 is 20.0 Å². The third-order valence-electron chi connectivity index (χ3n) is 9.20. The van der Waals surface area contributed by atoms with Gasteiger partial charge < -0.3 is 21.1 Å². The molecule has 0 aliphatic rings. The number of rotatable bonds is 39. The van der Waals surface area contributed by atoms with E-state index in [2.05, 4.69) is 43.5 Å². The first kappa shape index (κ1) is 49.7. The summed E-state index contributed by atoms with van der Waals surface area (Å²) in [5, 5.41) is 13.6. The van der Waals surface area contributed by atoms with Crippen molar-refractivity contribution in [3.8, 4) is 0 Å². The number of aliphatic hydroxyl groups is 1. The average molecular weight is 741 g/mol. The van der Waals surface area contributed by atoms with Gasteiger partial charge in [0.25, 0.3) is 0 Å². The fourth-order valence-corrected chi connectivity index (χ4v) is 6.75. The van der Waals surface area contributed by atoms with Gasteiger partial charge in [-0.25, -0.2) is 4.57 Å². The lowest BCUT2D eigenvalue weighted by Gasteiger charge is -2.23. The highest BCUT2D eigenvalue weighted by molar-refractivity contribution is 7.47. The zero-order valence-electron chi connectivity index (χ0n) is 33.1. The van der Waals surface area contributed by atoms with Gasteiger partial charge in [0.15, 0.2) is 0 Å². The fourth-order valence-electron chi connectivity index (χ4n) is 5.99. The van der Waals surface area contributed by atoms with Crippen molar-refractivity contribution in [2.45, 2.75) is 206 Å². The van der Waals surface area contributed by atoms with E-state index in [4.69, 9.17) is 14.8 Å². The van der Waals surface area contributed by atoms with Crippen molar-refractivity contribution in [3.05, 3.63) is 36.5 Å². The van der Waals surface area contributed by atoms with Crippen LogP contribution in [-0.4, -0.2) is 47.8 Å². The molecule has 0 fully saturated rings. The number of allylic oxidation sites excluding steroid dienone is 5. The van der Waals surface area contributed by atoms with Crippen LogP contribution in [0.5, 0.6) is 0 Å². The van der Waals surface area contributed by atoms with Gasteiger partial charge in [-0.05, 0) is 44.9 Å². The lowest BCUT2D eigenvalue weighted by Crippen LogP contribution is -2.45. The molecule has 0 aromatic heterocycles. The van der Waals surface area contributed by atoms with Crippen molar-refractivity contribution >= 4 is 13.7 Å². The van der Waals surface area contributed by atoms with Gasteiger partial charge in [-0.2, -0.15) is 0 Å². The zero-order valence-corrected chi connectivity index (χ0v) is 34.0. The molecular formula is C42H81N2O6P. The Balaban J connectivity index is 4.31. The van der Waals surface area contributed by atoms with Gasteiger partial charge in [0.2, 0.25) is 5.91 Å². The number of carbonyl (C=O) groups excluding carboxylic acids is 1. The van der Waals surface area contributed by atoms with E-state index in [0.29, 0.717) is 6.42 Å². The van der Waals surface area contributed by atoms with Crippen LogP contribution < -0.4 is 11.1 Å². The highest BCUT2D eigenvalue weighted by Gasteiger charge is 2.26. The number of unbranched alkanes of at least 4 members (excludes halogenated alkanes) is 23. The molecule has 3 unspecified atom stereocenters. The molecule has 0 spiro atoms. The minimum absolute atomic E-state index is 0.0725. The molecule has 300 valence electrons. The number of amides is 1. The molecule has 3 atom stereocenters. The van der Waals surface area contributed by atoms with Gasteiger partial charge in [0.05, 0.1) is 25.4 Å². The molecule has 0 saturated heterocycles. The Bertz CT molecular complexity index is 897. The predicted octanol–water partition coefficient (Wildman–Crippen LogP) is 11.6. The first-order valence-corrected chi connectivity index (χ1v) is 22.6. The second-order valence-corrected chi connectivity index (χ2v) is 15.6. The largest absolute Gasteiger partial charge is 0.472 e. The van der Waals surface area contributed by atoms with Crippen LogP contribution in [0, 0.1) is 0 Å². The molecule has 0 bridgehead atoms. The predicted molar refractivity (Wildman–Crippen MR) is 217 cm³/mol. The van der Waals surface area contributed by atoms with Crippen LogP contribution in [-0.2, 0) is 18.4 Å². The Hall–Kier alpha value is -1.28. The van der Waals surface area contributed by atoms with E-state index in [-0.39, 0.29) is 25.7 Å². The Kier molecular flexibility index (Phi) is 37.5. The summed E-state index contributed by atoms with van der Waals surface area (Å²) in [6.07, 6.45) is 44.8. The molecule has 9 heteroatoms. The average Bonchev–Trinajstić information content (AvgIpc) is 3.12. The van der Waals surface area contributed by atoms with Crippen LogP contribution in [0.4, 0.5) is 0 Å². The number of nitrogens with two attached hydrogens (primary N) is 1. The van der Waals surface area contributed by atoms with Crippen LogP contribution in [0.25, 0.3) is 0 Å². The van der Waals surface area contributed by atoms with Gasteiger partial charge in [-0.1, -0.05) is 179 Å². The third-order valence-corrected chi connectivity index (χ3v) is 10.2.